The van der Waals surface area contributed by atoms with Gasteiger partial charge in [-0.15, -0.1) is 11.3 Å². The Bertz CT molecular complexity index is 557. The van der Waals surface area contributed by atoms with Crippen molar-refractivity contribution in [2.24, 2.45) is 5.92 Å². The number of nitrogens with one attached hydrogen (secondary N) is 2. The summed E-state index contributed by atoms with van der Waals surface area (Å²) in [5.41, 5.74) is 0. The van der Waals surface area contributed by atoms with Crippen LogP contribution in [0.5, 0.6) is 0 Å². The Hall–Kier alpha value is -0.980. The molecule has 0 radical (unpaired) electrons. The third-order valence-corrected chi connectivity index (χ3v) is 6.48. The van der Waals surface area contributed by atoms with Crippen molar-refractivity contribution < 1.29 is 9.53 Å². The zero-order valence-electron chi connectivity index (χ0n) is 15.4. The van der Waals surface area contributed by atoms with E-state index in [2.05, 4.69) is 22.5 Å². The molecule has 0 bridgehead atoms. The van der Waals surface area contributed by atoms with Crippen LogP contribution in [0.4, 0.5) is 5.13 Å². The molecule has 25 heavy (non-hydrogen) atoms. The topological polar surface area (TPSA) is 63.2 Å². The predicted molar refractivity (Wildman–Crippen MR) is 102 cm³/mol. The van der Waals surface area contributed by atoms with E-state index < -0.39 is 0 Å². The molecule has 3 rings (SSSR count). The van der Waals surface area contributed by atoms with Gasteiger partial charge in [-0.2, -0.15) is 0 Å². The first-order valence-corrected chi connectivity index (χ1v) is 10.6. The highest BCUT2D eigenvalue weighted by atomic mass is 32.1. The molecular formula is C19H31N3O2S. The van der Waals surface area contributed by atoms with Gasteiger partial charge >= 0.3 is 0 Å². The lowest BCUT2D eigenvalue weighted by Gasteiger charge is -2.29. The van der Waals surface area contributed by atoms with Gasteiger partial charge < -0.3 is 10.1 Å². The van der Waals surface area contributed by atoms with Crippen molar-refractivity contribution in [1.29, 1.82) is 0 Å². The van der Waals surface area contributed by atoms with Crippen molar-refractivity contribution >= 4 is 22.4 Å². The molecule has 1 aromatic heterocycles. The minimum atomic E-state index is -0.374. The number of nitrogens with zero attached hydrogens (tertiary/aromatic N) is 1. The number of hydrogen-bond donors (Lipinski definition) is 2. The number of anilines is 1. The Balaban J connectivity index is 1.53. The minimum absolute atomic E-state index is 0.0491. The summed E-state index contributed by atoms with van der Waals surface area (Å²) in [5.74, 6) is 1.23. The summed E-state index contributed by atoms with van der Waals surface area (Å²) in [6.07, 6.45) is 9.41. The molecule has 0 aromatic carbocycles. The van der Waals surface area contributed by atoms with Crippen molar-refractivity contribution in [2.45, 2.75) is 76.9 Å². The van der Waals surface area contributed by atoms with E-state index in [1.54, 1.807) is 11.3 Å². The maximum atomic E-state index is 12.6. The average molecular weight is 366 g/mol. The Morgan fingerprint density at radius 1 is 1.40 bits per heavy atom. The zero-order valence-corrected chi connectivity index (χ0v) is 16.2. The summed E-state index contributed by atoms with van der Waals surface area (Å²) in [7, 11) is 0. The summed E-state index contributed by atoms with van der Waals surface area (Å²) < 4.78 is 6.12. The molecule has 1 aliphatic heterocycles. The summed E-state index contributed by atoms with van der Waals surface area (Å²) in [5, 5.41) is 7.07. The van der Waals surface area contributed by atoms with Crippen LogP contribution in [0, 0.1) is 5.92 Å². The Morgan fingerprint density at radius 2 is 2.20 bits per heavy atom. The highest BCUT2D eigenvalue weighted by Crippen LogP contribution is 2.32. The van der Waals surface area contributed by atoms with E-state index in [0.29, 0.717) is 23.4 Å². The van der Waals surface area contributed by atoms with Gasteiger partial charge in [0, 0.05) is 11.1 Å². The van der Waals surface area contributed by atoms with Crippen LogP contribution in [0.1, 0.15) is 69.6 Å². The second kappa shape index (κ2) is 9.10. The smallest absolute Gasteiger partial charge is 0.255 e. The number of amides is 1. The lowest BCUT2D eigenvalue weighted by atomic mass is 9.88. The van der Waals surface area contributed by atoms with Crippen LogP contribution in [0.15, 0.2) is 6.20 Å². The molecule has 2 fully saturated rings. The highest BCUT2D eigenvalue weighted by molar-refractivity contribution is 7.15. The number of aromatic nitrogens is 1. The van der Waals surface area contributed by atoms with E-state index in [9.17, 15) is 4.79 Å². The molecule has 5 nitrogen and oxygen atoms in total. The summed E-state index contributed by atoms with van der Waals surface area (Å²) in [6, 6.07) is 0. The third kappa shape index (κ3) is 5.25. The van der Waals surface area contributed by atoms with Crippen molar-refractivity contribution in [2.75, 3.05) is 18.4 Å². The molecule has 3 unspecified atom stereocenters. The minimum Gasteiger partial charge on any atom is -0.365 e. The second-order valence-corrected chi connectivity index (χ2v) is 8.57. The van der Waals surface area contributed by atoms with Gasteiger partial charge in [0.1, 0.15) is 6.10 Å². The van der Waals surface area contributed by atoms with Crippen molar-refractivity contribution in [3.8, 4) is 0 Å². The molecule has 1 saturated carbocycles. The molecule has 6 heteroatoms. The maximum absolute atomic E-state index is 12.6. The molecule has 1 amide bonds. The molecule has 140 valence electrons. The highest BCUT2D eigenvalue weighted by Gasteiger charge is 2.26. The quantitative estimate of drug-likeness (QED) is 0.802. The van der Waals surface area contributed by atoms with E-state index in [1.807, 2.05) is 13.1 Å². The van der Waals surface area contributed by atoms with E-state index in [0.717, 1.165) is 38.8 Å². The fourth-order valence-corrected chi connectivity index (χ4v) is 4.89. The summed E-state index contributed by atoms with van der Waals surface area (Å²) in [6.45, 7) is 6.42. The van der Waals surface area contributed by atoms with Crippen molar-refractivity contribution in [3.05, 3.63) is 11.1 Å². The Morgan fingerprint density at radius 3 is 2.92 bits per heavy atom. The Labute approximate surface area is 154 Å². The van der Waals surface area contributed by atoms with Crippen LogP contribution >= 0.6 is 11.3 Å². The van der Waals surface area contributed by atoms with Crippen LogP contribution in [-0.2, 0) is 9.53 Å². The number of thiazole rings is 1. The largest absolute Gasteiger partial charge is 0.365 e. The van der Waals surface area contributed by atoms with Gasteiger partial charge in [-0.1, -0.05) is 26.7 Å². The number of hydrogen-bond acceptors (Lipinski definition) is 5. The van der Waals surface area contributed by atoms with E-state index in [4.69, 9.17) is 4.74 Å². The first-order chi connectivity index (χ1) is 12.2. The van der Waals surface area contributed by atoms with Crippen LogP contribution in [0.2, 0.25) is 0 Å². The summed E-state index contributed by atoms with van der Waals surface area (Å²) >= 11 is 1.62. The number of carbonyl (C=O) groups is 1. The number of carbonyl (C=O) groups excluding carboxylic acids is 1. The molecule has 1 saturated heterocycles. The average Bonchev–Trinajstić information content (AvgIpc) is 3.09. The maximum Gasteiger partial charge on any atom is 0.255 e. The molecule has 1 aromatic rings. The van der Waals surface area contributed by atoms with E-state index in [1.165, 1.54) is 17.7 Å². The Kier molecular flexibility index (Phi) is 6.84. The predicted octanol–water partition coefficient (Wildman–Crippen LogP) is 3.92. The molecule has 0 spiro atoms. The van der Waals surface area contributed by atoms with Crippen LogP contribution < -0.4 is 10.6 Å². The number of ether oxygens (including phenoxy) is 1. The monoisotopic (exact) mass is 365 g/mol. The van der Waals surface area contributed by atoms with E-state index in [-0.39, 0.29) is 18.1 Å². The SMILES string of the molecule is CCC(OC1CCCC(C)C1)C(=O)Nc1ncc(C2CCNCC2)s1. The molecule has 1 aliphatic carbocycles. The zero-order chi connectivity index (χ0) is 17.6. The van der Waals surface area contributed by atoms with Gasteiger partial charge in [-0.05, 0) is 57.0 Å². The number of rotatable bonds is 6. The first kappa shape index (κ1) is 18.8. The van der Waals surface area contributed by atoms with Gasteiger partial charge in [0.2, 0.25) is 0 Å². The fraction of sp³-hybridized carbons (Fsp3) is 0.789. The molecular weight excluding hydrogens is 334 g/mol. The van der Waals surface area contributed by atoms with Gasteiger partial charge in [-0.3, -0.25) is 10.1 Å². The van der Waals surface area contributed by atoms with Crippen molar-refractivity contribution in [1.82, 2.24) is 10.3 Å². The lowest BCUT2D eigenvalue weighted by molar-refractivity contribution is -0.133. The van der Waals surface area contributed by atoms with Crippen molar-refractivity contribution in [3.63, 3.8) is 0 Å². The van der Waals surface area contributed by atoms with Crippen LogP contribution in [-0.4, -0.2) is 36.2 Å². The molecule has 2 heterocycles. The second-order valence-electron chi connectivity index (χ2n) is 7.51. The molecule has 2 N–H and O–H groups in total. The molecule has 2 aliphatic rings. The third-order valence-electron chi connectivity index (χ3n) is 5.40. The fourth-order valence-electron chi connectivity index (χ4n) is 3.90. The lowest BCUT2D eigenvalue weighted by Crippen LogP contribution is -2.35. The molecule has 3 atom stereocenters. The van der Waals surface area contributed by atoms with Gasteiger partial charge in [-0.25, -0.2) is 4.98 Å². The van der Waals surface area contributed by atoms with Gasteiger partial charge in [0.05, 0.1) is 6.10 Å². The van der Waals surface area contributed by atoms with Gasteiger partial charge in [0.15, 0.2) is 5.13 Å². The normalized spacial score (nSPS) is 26.3. The van der Waals surface area contributed by atoms with Gasteiger partial charge in [0.25, 0.3) is 5.91 Å². The standard InChI is InChI=1S/C19H31N3O2S/c1-3-16(24-15-6-4-5-13(2)11-15)18(23)22-19-21-12-17(25-19)14-7-9-20-10-8-14/h12-16,20H,3-11H2,1-2H3,(H,21,22,23). The van der Waals surface area contributed by atoms with E-state index >= 15 is 0 Å². The summed E-state index contributed by atoms with van der Waals surface area (Å²) in [4.78, 5) is 18.3. The van der Waals surface area contributed by atoms with Crippen LogP contribution in [0.25, 0.3) is 0 Å². The number of piperidine rings is 1. The van der Waals surface area contributed by atoms with Crippen LogP contribution in [0.3, 0.4) is 0 Å². The first-order valence-electron chi connectivity index (χ1n) is 9.78.